The molecule has 38 heavy (non-hydrogen) atoms. The molecule has 2 aromatic rings. The summed E-state index contributed by atoms with van der Waals surface area (Å²) in [4.78, 5) is 12.8. The zero-order valence-electron chi connectivity index (χ0n) is 21.8. The average Bonchev–Trinajstić information content (AvgIpc) is 2.87. The molecule has 1 aliphatic rings. The number of carbonyl (C=O) groups excluding carboxylic acids is 1. The van der Waals surface area contributed by atoms with Crippen molar-refractivity contribution < 1.29 is 26.4 Å². The maximum Gasteiger partial charge on any atom is 0.416 e. The van der Waals surface area contributed by atoms with E-state index in [-0.39, 0.29) is 10.6 Å². The summed E-state index contributed by atoms with van der Waals surface area (Å²) in [6, 6.07) is 9.88. The lowest BCUT2D eigenvalue weighted by Crippen LogP contribution is -2.40. The minimum Gasteiger partial charge on any atom is -0.271 e. The Bertz CT molecular complexity index is 1180. The van der Waals surface area contributed by atoms with E-state index in [9.17, 15) is 26.4 Å². The zero-order valence-corrected chi connectivity index (χ0v) is 22.6. The van der Waals surface area contributed by atoms with Crippen molar-refractivity contribution in [1.82, 2.24) is 5.43 Å². The minimum atomic E-state index is -4.67. The fourth-order valence-electron chi connectivity index (χ4n) is 4.43. The number of amides is 1. The second-order valence-electron chi connectivity index (χ2n) is 9.77. The quantitative estimate of drug-likeness (QED) is 0.393. The van der Waals surface area contributed by atoms with Crippen LogP contribution in [0.1, 0.15) is 81.8 Å². The highest BCUT2D eigenvalue weighted by atomic mass is 32.2. The summed E-state index contributed by atoms with van der Waals surface area (Å²) in [5, 5.41) is 4.30. The summed E-state index contributed by atoms with van der Waals surface area (Å²) in [6.45, 7) is 1.07. The molecule has 1 saturated carbocycles. The SMILES string of the molecule is Cc1ccc(S(=O)(=O)N(CC(=O)NN=C2CCCCCCCCCCC2)c2cccc(C(F)(F)F)c2)cc1. The highest BCUT2D eigenvalue weighted by Gasteiger charge is 2.33. The summed E-state index contributed by atoms with van der Waals surface area (Å²) >= 11 is 0. The van der Waals surface area contributed by atoms with Crippen LogP contribution in [0.4, 0.5) is 18.9 Å². The van der Waals surface area contributed by atoms with E-state index >= 15 is 0 Å². The van der Waals surface area contributed by atoms with Crippen molar-refractivity contribution in [2.24, 2.45) is 5.10 Å². The number of hydrazone groups is 1. The van der Waals surface area contributed by atoms with Gasteiger partial charge in [0.15, 0.2) is 0 Å². The van der Waals surface area contributed by atoms with Gasteiger partial charge in [-0.05, 0) is 62.9 Å². The Balaban J connectivity index is 1.83. The Morgan fingerprint density at radius 1 is 0.895 bits per heavy atom. The molecule has 0 atom stereocenters. The maximum absolute atomic E-state index is 13.5. The van der Waals surface area contributed by atoms with E-state index in [1.165, 1.54) is 50.3 Å². The second kappa shape index (κ2) is 13.8. The molecule has 1 N–H and O–H groups in total. The smallest absolute Gasteiger partial charge is 0.271 e. The molecule has 0 heterocycles. The van der Waals surface area contributed by atoms with E-state index in [0.29, 0.717) is 4.31 Å². The molecule has 208 valence electrons. The van der Waals surface area contributed by atoms with Crippen LogP contribution in [0.3, 0.4) is 0 Å². The molecule has 1 aliphatic carbocycles. The van der Waals surface area contributed by atoms with Crippen LogP contribution >= 0.6 is 0 Å². The average molecular weight is 552 g/mol. The van der Waals surface area contributed by atoms with Gasteiger partial charge in [0.05, 0.1) is 16.1 Å². The van der Waals surface area contributed by atoms with Crippen molar-refractivity contribution in [2.45, 2.75) is 88.6 Å². The van der Waals surface area contributed by atoms with Gasteiger partial charge in [-0.3, -0.25) is 9.10 Å². The Kier molecular flexibility index (Phi) is 10.8. The lowest BCUT2D eigenvalue weighted by molar-refractivity contribution is -0.137. The highest BCUT2D eigenvalue weighted by molar-refractivity contribution is 7.92. The highest BCUT2D eigenvalue weighted by Crippen LogP contribution is 2.33. The number of hydrogen-bond acceptors (Lipinski definition) is 4. The molecule has 0 unspecified atom stereocenters. The predicted molar refractivity (Wildman–Crippen MR) is 144 cm³/mol. The van der Waals surface area contributed by atoms with E-state index in [1.807, 2.05) is 0 Å². The third-order valence-corrected chi connectivity index (χ3v) is 8.42. The molecule has 0 aliphatic heterocycles. The molecule has 6 nitrogen and oxygen atoms in total. The molecule has 2 aromatic carbocycles. The number of nitrogens with zero attached hydrogens (tertiary/aromatic N) is 2. The number of carbonyl (C=O) groups is 1. The molecule has 1 amide bonds. The van der Waals surface area contributed by atoms with Gasteiger partial charge in [-0.15, -0.1) is 0 Å². The molecule has 0 spiro atoms. The number of benzene rings is 2. The van der Waals surface area contributed by atoms with Crippen LogP contribution in [0.25, 0.3) is 0 Å². The van der Waals surface area contributed by atoms with Gasteiger partial charge in [0.2, 0.25) is 0 Å². The second-order valence-corrected chi connectivity index (χ2v) is 11.6. The number of rotatable bonds is 6. The van der Waals surface area contributed by atoms with Crippen LogP contribution in [0, 0.1) is 6.92 Å². The molecule has 0 aromatic heterocycles. The first-order valence-electron chi connectivity index (χ1n) is 13.2. The van der Waals surface area contributed by atoms with Crippen LogP contribution in [0.15, 0.2) is 58.5 Å². The number of halogens is 3. The standard InChI is InChI=1S/C28H36F3N3O3S/c1-22-16-18-26(19-17-22)38(36,37)34(25-15-11-12-23(20-25)28(29,30)31)21-27(35)33-32-24-13-9-7-5-3-2-4-6-8-10-14-24/h11-12,15-20H,2-10,13-14,21H2,1H3,(H,33,35). The third-order valence-electron chi connectivity index (χ3n) is 6.63. The largest absolute Gasteiger partial charge is 0.416 e. The number of aryl methyl sites for hydroxylation is 1. The van der Waals surface area contributed by atoms with Crippen LogP contribution in [0.2, 0.25) is 0 Å². The van der Waals surface area contributed by atoms with Crippen molar-refractivity contribution >= 4 is 27.3 Å². The summed E-state index contributed by atoms with van der Waals surface area (Å²) in [7, 11) is -4.34. The molecule has 0 radical (unpaired) electrons. The Morgan fingerprint density at radius 2 is 1.45 bits per heavy atom. The predicted octanol–water partition coefficient (Wildman–Crippen LogP) is 6.99. The number of nitrogens with one attached hydrogen (secondary N) is 1. The Morgan fingerprint density at radius 3 is 2.00 bits per heavy atom. The van der Waals surface area contributed by atoms with Crippen LogP contribution in [-0.4, -0.2) is 26.6 Å². The maximum atomic E-state index is 13.5. The van der Waals surface area contributed by atoms with Crippen molar-refractivity contribution in [3.63, 3.8) is 0 Å². The number of hydrogen-bond donors (Lipinski definition) is 1. The van der Waals surface area contributed by atoms with Gasteiger partial charge < -0.3 is 0 Å². The van der Waals surface area contributed by atoms with Gasteiger partial charge in [0.1, 0.15) is 6.54 Å². The van der Waals surface area contributed by atoms with Gasteiger partial charge in [-0.2, -0.15) is 18.3 Å². The summed E-state index contributed by atoms with van der Waals surface area (Å²) in [5.74, 6) is -0.725. The Hall–Kier alpha value is -2.88. The van der Waals surface area contributed by atoms with E-state index in [1.54, 1.807) is 19.1 Å². The van der Waals surface area contributed by atoms with Crippen LogP contribution in [-0.2, 0) is 21.0 Å². The molecule has 3 rings (SSSR count). The fourth-order valence-corrected chi connectivity index (χ4v) is 5.84. The van der Waals surface area contributed by atoms with Crippen LogP contribution < -0.4 is 9.73 Å². The molecule has 1 fully saturated rings. The minimum absolute atomic E-state index is 0.126. The van der Waals surface area contributed by atoms with Crippen molar-refractivity contribution in [1.29, 1.82) is 0 Å². The number of alkyl halides is 3. The van der Waals surface area contributed by atoms with Crippen LogP contribution in [0.5, 0.6) is 0 Å². The first kappa shape index (κ1) is 29.7. The molecular weight excluding hydrogens is 515 g/mol. The monoisotopic (exact) mass is 551 g/mol. The summed E-state index contributed by atoms with van der Waals surface area (Å²) < 4.78 is 67.8. The van der Waals surface area contributed by atoms with E-state index < -0.39 is 34.2 Å². The van der Waals surface area contributed by atoms with Gasteiger partial charge in [0, 0.05) is 5.71 Å². The molecule has 0 bridgehead atoms. The number of anilines is 1. The molecule has 0 saturated heterocycles. The van der Waals surface area contributed by atoms with Gasteiger partial charge in [-0.25, -0.2) is 13.8 Å². The molecule has 10 heteroatoms. The lowest BCUT2D eigenvalue weighted by atomic mass is 10.00. The first-order chi connectivity index (χ1) is 18.1. The van der Waals surface area contributed by atoms with E-state index in [4.69, 9.17) is 0 Å². The number of sulfonamides is 1. The van der Waals surface area contributed by atoms with Crippen molar-refractivity contribution in [3.8, 4) is 0 Å². The van der Waals surface area contributed by atoms with Crippen molar-refractivity contribution in [2.75, 3.05) is 10.8 Å². The normalized spacial score (nSPS) is 16.2. The van der Waals surface area contributed by atoms with Gasteiger partial charge in [-0.1, -0.05) is 68.7 Å². The van der Waals surface area contributed by atoms with Gasteiger partial charge >= 0.3 is 6.18 Å². The Labute approximate surface area is 223 Å². The third kappa shape index (κ3) is 8.85. The van der Waals surface area contributed by atoms with Gasteiger partial charge in [0.25, 0.3) is 15.9 Å². The zero-order chi connectivity index (χ0) is 27.6. The fraction of sp³-hybridized carbons (Fsp3) is 0.500. The lowest BCUT2D eigenvalue weighted by Gasteiger charge is -2.24. The summed E-state index contributed by atoms with van der Waals surface area (Å²) in [6.07, 6.45) is 7.00. The van der Waals surface area contributed by atoms with E-state index in [2.05, 4.69) is 10.5 Å². The van der Waals surface area contributed by atoms with E-state index in [0.717, 1.165) is 68.0 Å². The van der Waals surface area contributed by atoms with Crippen molar-refractivity contribution in [3.05, 3.63) is 59.7 Å². The molecular formula is C28H36F3N3O3S. The first-order valence-corrected chi connectivity index (χ1v) is 14.6. The summed E-state index contributed by atoms with van der Waals surface area (Å²) in [5.41, 5.74) is 2.87. The topological polar surface area (TPSA) is 78.8 Å².